The summed E-state index contributed by atoms with van der Waals surface area (Å²) in [6, 6.07) is 7.36. The Kier molecular flexibility index (Phi) is 6.08. The van der Waals surface area contributed by atoms with E-state index in [1.54, 1.807) is 24.4 Å². The third-order valence-electron chi connectivity index (χ3n) is 5.02. The number of anilines is 1. The molecule has 152 valence electrons. The minimum absolute atomic E-state index is 0.0694. The number of amides is 1. The van der Waals surface area contributed by atoms with E-state index in [0.717, 1.165) is 10.9 Å². The highest BCUT2D eigenvalue weighted by Crippen LogP contribution is 2.25. The van der Waals surface area contributed by atoms with Crippen LogP contribution in [0.5, 0.6) is 0 Å². The third kappa shape index (κ3) is 4.05. The lowest BCUT2D eigenvalue weighted by atomic mass is 9.99. The van der Waals surface area contributed by atoms with Crippen LogP contribution in [0.15, 0.2) is 47.5 Å². The second kappa shape index (κ2) is 8.53. The Labute approximate surface area is 172 Å². The van der Waals surface area contributed by atoms with Crippen molar-refractivity contribution in [1.82, 2.24) is 9.55 Å². The lowest BCUT2D eigenvalue weighted by Crippen LogP contribution is -2.35. The van der Waals surface area contributed by atoms with E-state index in [9.17, 15) is 14.4 Å². The number of pyridine rings is 1. The molecule has 2 aromatic heterocycles. The summed E-state index contributed by atoms with van der Waals surface area (Å²) in [4.78, 5) is 41.0. The van der Waals surface area contributed by atoms with Crippen LogP contribution < -0.4 is 10.9 Å². The molecule has 0 aliphatic heterocycles. The molecular weight excluding hydrogens is 394 g/mol. The normalized spacial score (nSPS) is 13.1. The van der Waals surface area contributed by atoms with Gasteiger partial charge in [0.25, 0.3) is 11.5 Å². The molecule has 0 aliphatic rings. The summed E-state index contributed by atoms with van der Waals surface area (Å²) in [6.45, 7) is 3.80. The van der Waals surface area contributed by atoms with Gasteiger partial charge in [0.15, 0.2) is 0 Å². The molecule has 2 N–H and O–H groups in total. The minimum atomic E-state index is -0.778. The van der Waals surface area contributed by atoms with Crippen LogP contribution in [0.2, 0.25) is 5.02 Å². The van der Waals surface area contributed by atoms with Gasteiger partial charge in [0, 0.05) is 23.3 Å². The number of rotatable bonds is 6. The molecule has 3 aromatic rings. The summed E-state index contributed by atoms with van der Waals surface area (Å²) in [5.74, 6) is -1.10. The standard InChI is InChI=1S/C21H22ClN3O4/c1-4-12(2)18(21(28)29-3)25-9-5-6-16(20(25)27)24-19(26)14-10-13-7-8-23-17(13)15(22)11-14/h5-12,18,23H,4H2,1-3H3,(H,24,26). The molecule has 0 aliphatic carbocycles. The first kappa shape index (κ1) is 20.7. The zero-order chi connectivity index (χ0) is 21.1. The van der Waals surface area contributed by atoms with Gasteiger partial charge in [0.05, 0.1) is 17.6 Å². The molecule has 0 fully saturated rings. The van der Waals surface area contributed by atoms with E-state index in [0.29, 0.717) is 17.0 Å². The lowest BCUT2D eigenvalue weighted by Gasteiger charge is -2.23. The molecule has 0 saturated heterocycles. The molecule has 7 nitrogen and oxygen atoms in total. The monoisotopic (exact) mass is 415 g/mol. The summed E-state index contributed by atoms with van der Waals surface area (Å²) >= 11 is 6.22. The highest BCUT2D eigenvalue weighted by Gasteiger charge is 2.28. The number of carbonyl (C=O) groups excluding carboxylic acids is 2. The molecule has 0 radical (unpaired) electrons. The van der Waals surface area contributed by atoms with Gasteiger partial charge in [-0.3, -0.25) is 14.2 Å². The predicted molar refractivity (Wildman–Crippen MR) is 112 cm³/mol. The Morgan fingerprint density at radius 2 is 2.07 bits per heavy atom. The SMILES string of the molecule is CCC(C)C(C(=O)OC)n1cccc(NC(=O)c2cc(Cl)c3[nH]ccc3c2)c1=O. The first-order chi connectivity index (χ1) is 13.9. The number of hydrogen-bond acceptors (Lipinski definition) is 4. The van der Waals surface area contributed by atoms with Crippen molar-refractivity contribution >= 4 is 40.1 Å². The lowest BCUT2D eigenvalue weighted by molar-refractivity contribution is -0.146. The number of methoxy groups -OCH3 is 1. The van der Waals surface area contributed by atoms with Gasteiger partial charge in [-0.2, -0.15) is 0 Å². The van der Waals surface area contributed by atoms with Gasteiger partial charge in [-0.1, -0.05) is 31.9 Å². The molecule has 1 amide bonds. The van der Waals surface area contributed by atoms with Crippen LogP contribution in [0, 0.1) is 5.92 Å². The number of fused-ring (bicyclic) bond motifs is 1. The number of nitrogens with one attached hydrogen (secondary N) is 2. The maximum absolute atomic E-state index is 13.0. The van der Waals surface area contributed by atoms with E-state index in [1.807, 2.05) is 13.8 Å². The molecule has 2 unspecified atom stereocenters. The number of hydrogen-bond donors (Lipinski definition) is 2. The van der Waals surface area contributed by atoms with Crippen LogP contribution in [0.1, 0.15) is 36.7 Å². The largest absolute Gasteiger partial charge is 0.467 e. The smallest absolute Gasteiger partial charge is 0.329 e. The third-order valence-corrected chi connectivity index (χ3v) is 5.32. The maximum Gasteiger partial charge on any atom is 0.329 e. The van der Waals surface area contributed by atoms with Gasteiger partial charge in [0.2, 0.25) is 0 Å². The van der Waals surface area contributed by atoms with E-state index in [2.05, 4.69) is 10.3 Å². The minimum Gasteiger partial charge on any atom is -0.467 e. The van der Waals surface area contributed by atoms with E-state index in [4.69, 9.17) is 16.3 Å². The van der Waals surface area contributed by atoms with Crippen molar-refractivity contribution in [1.29, 1.82) is 0 Å². The summed E-state index contributed by atoms with van der Waals surface area (Å²) in [6.07, 6.45) is 3.93. The van der Waals surface area contributed by atoms with Gasteiger partial charge in [-0.05, 0) is 36.2 Å². The Balaban J connectivity index is 1.95. The van der Waals surface area contributed by atoms with Crippen molar-refractivity contribution in [3.05, 3.63) is 63.7 Å². The zero-order valence-electron chi connectivity index (χ0n) is 16.4. The number of benzene rings is 1. The summed E-state index contributed by atoms with van der Waals surface area (Å²) < 4.78 is 6.18. The van der Waals surface area contributed by atoms with Crippen molar-refractivity contribution in [2.24, 2.45) is 5.92 Å². The van der Waals surface area contributed by atoms with Gasteiger partial charge in [-0.15, -0.1) is 0 Å². The molecule has 1 aromatic carbocycles. The Morgan fingerprint density at radius 1 is 1.31 bits per heavy atom. The number of aromatic amines is 1. The van der Waals surface area contributed by atoms with Gasteiger partial charge < -0.3 is 15.0 Å². The fourth-order valence-electron chi connectivity index (χ4n) is 3.24. The number of halogens is 1. The van der Waals surface area contributed by atoms with Crippen LogP contribution in [0.3, 0.4) is 0 Å². The van der Waals surface area contributed by atoms with Crippen LogP contribution in [0.4, 0.5) is 5.69 Å². The van der Waals surface area contributed by atoms with E-state index in [-0.39, 0.29) is 11.6 Å². The number of ether oxygens (including phenoxy) is 1. The Morgan fingerprint density at radius 3 is 2.76 bits per heavy atom. The van der Waals surface area contributed by atoms with Crippen LogP contribution in [-0.2, 0) is 9.53 Å². The van der Waals surface area contributed by atoms with Crippen molar-refractivity contribution < 1.29 is 14.3 Å². The van der Waals surface area contributed by atoms with Crippen LogP contribution in [0.25, 0.3) is 10.9 Å². The van der Waals surface area contributed by atoms with Gasteiger partial charge >= 0.3 is 5.97 Å². The Bertz CT molecular complexity index is 1120. The molecule has 0 bridgehead atoms. The van der Waals surface area contributed by atoms with Crippen LogP contribution in [-0.4, -0.2) is 28.5 Å². The Hall–Kier alpha value is -3.06. The maximum atomic E-state index is 13.0. The van der Waals surface area contributed by atoms with E-state index >= 15 is 0 Å². The highest BCUT2D eigenvalue weighted by molar-refractivity contribution is 6.35. The fraction of sp³-hybridized carbons (Fsp3) is 0.286. The van der Waals surface area contributed by atoms with Crippen molar-refractivity contribution in [3.8, 4) is 0 Å². The molecule has 0 saturated carbocycles. The van der Waals surface area contributed by atoms with Crippen molar-refractivity contribution in [2.45, 2.75) is 26.3 Å². The summed E-state index contributed by atoms with van der Waals surface area (Å²) in [7, 11) is 1.29. The molecule has 2 atom stereocenters. The average molecular weight is 416 g/mol. The fourth-order valence-corrected chi connectivity index (χ4v) is 3.52. The summed E-state index contributed by atoms with van der Waals surface area (Å²) in [5, 5.41) is 3.82. The number of H-pyrrole nitrogens is 1. The highest BCUT2D eigenvalue weighted by atomic mass is 35.5. The molecule has 8 heteroatoms. The first-order valence-corrected chi connectivity index (χ1v) is 9.62. The van der Waals surface area contributed by atoms with Crippen LogP contribution >= 0.6 is 11.6 Å². The van der Waals surface area contributed by atoms with Crippen molar-refractivity contribution in [3.63, 3.8) is 0 Å². The summed E-state index contributed by atoms with van der Waals surface area (Å²) in [5.41, 5.74) is 0.647. The number of esters is 1. The quantitative estimate of drug-likeness (QED) is 0.595. The van der Waals surface area contributed by atoms with E-state index < -0.39 is 23.5 Å². The number of aromatic nitrogens is 2. The molecule has 2 heterocycles. The second-order valence-electron chi connectivity index (χ2n) is 6.84. The molecule has 3 rings (SSSR count). The van der Waals surface area contributed by atoms with Crippen molar-refractivity contribution in [2.75, 3.05) is 12.4 Å². The topological polar surface area (TPSA) is 93.2 Å². The van der Waals surface area contributed by atoms with Gasteiger partial charge in [-0.25, -0.2) is 4.79 Å². The molecule has 29 heavy (non-hydrogen) atoms. The molecule has 0 spiro atoms. The predicted octanol–water partition coefficient (Wildman–Crippen LogP) is 4.00. The number of carbonyl (C=O) groups is 2. The second-order valence-corrected chi connectivity index (χ2v) is 7.25. The average Bonchev–Trinajstić information content (AvgIpc) is 3.19. The van der Waals surface area contributed by atoms with Gasteiger partial charge in [0.1, 0.15) is 11.7 Å². The number of nitrogens with zero attached hydrogens (tertiary/aromatic N) is 1. The molecular formula is C21H22ClN3O4. The van der Waals surface area contributed by atoms with E-state index in [1.165, 1.54) is 30.0 Å². The first-order valence-electron chi connectivity index (χ1n) is 9.24. The zero-order valence-corrected chi connectivity index (χ0v) is 17.1.